The van der Waals surface area contributed by atoms with Crippen LogP contribution in [-0.4, -0.2) is 43.2 Å². The zero-order chi connectivity index (χ0) is 13.7. The molecule has 6 nitrogen and oxygen atoms in total. The maximum atomic E-state index is 10.7. The van der Waals surface area contributed by atoms with Crippen LogP contribution in [0.4, 0.5) is 0 Å². The molecule has 0 aliphatic rings. The third kappa shape index (κ3) is 4.37. The zero-order valence-electron chi connectivity index (χ0n) is 9.57. The Labute approximate surface area is 112 Å². The van der Waals surface area contributed by atoms with E-state index in [0.717, 1.165) is 23.1 Å². The molecular formula is C10H13NO5S2. The standard InChI is InChI=1S/C10H13NO5S2/c1-5(12)17-3-2-7(13)8(14)9-11-6(4-18-9)10(15)16/h4,7-8,13-14H,2-3H2,1H3,(H,15,16). The number of hydrogen-bond acceptors (Lipinski definition) is 7. The van der Waals surface area contributed by atoms with Gasteiger partial charge in [-0.25, -0.2) is 9.78 Å². The van der Waals surface area contributed by atoms with Crippen molar-refractivity contribution in [3.8, 4) is 0 Å². The zero-order valence-corrected chi connectivity index (χ0v) is 11.2. The number of thioether (sulfide) groups is 1. The Hall–Kier alpha value is -0.960. The summed E-state index contributed by atoms with van der Waals surface area (Å²) in [6, 6.07) is 0. The molecule has 2 unspecified atom stereocenters. The van der Waals surface area contributed by atoms with Crippen molar-refractivity contribution in [2.24, 2.45) is 0 Å². The molecule has 1 aromatic rings. The fourth-order valence-electron chi connectivity index (χ4n) is 1.17. The van der Waals surface area contributed by atoms with Crippen LogP contribution in [0.15, 0.2) is 5.38 Å². The van der Waals surface area contributed by atoms with E-state index in [-0.39, 0.29) is 22.2 Å². The Morgan fingerprint density at radius 3 is 2.67 bits per heavy atom. The van der Waals surface area contributed by atoms with Crippen LogP contribution in [0.2, 0.25) is 0 Å². The normalized spacial score (nSPS) is 14.2. The summed E-state index contributed by atoms with van der Waals surface area (Å²) in [5.41, 5.74) is -0.153. The molecular weight excluding hydrogens is 278 g/mol. The average molecular weight is 291 g/mol. The number of carbonyl (C=O) groups excluding carboxylic acids is 1. The third-order valence-corrected chi connectivity index (χ3v) is 3.84. The van der Waals surface area contributed by atoms with E-state index >= 15 is 0 Å². The maximum absolute atomic E-state index is 10.7. The van der Waals surface area contributed by atoms with E-state index in [1.807, 2.05) is 0 Å². The molecule has 0 saturated carbocycles. The van der Waals surface area contributed by atoms with Crippen LogP contribution in [-0.2, 0) is 4.79 Å². The summed E-state index contributed by atoms with van der Waals surface area (Å²) in [5, 5.41) is 29.5. The molecule has 100 valence electrons. The molecule has 0 aliphatic heterocycles. The van der Waals surface area contributed by atoms with Crippen molar-refractivity contribution < 1.29 is 24.9 Å². The summed E-state index contributed by atoms with van der Waals surface area (Å²) in [7, 11) is 0. The third-order valence-electron chi connectivity index (χ3n) is 2.08. The van der Waals surface area contributed by atoms with E-state index in [0.29, 0.717) is 5.75 Å². The minimum absolute atomic E-state index is 0.0564. The lowest BCUT2D eigenvalue weighted by atomic mass is 10.1. The minimum atomic E-state index is -1.23. The van der Waals surface area contributed by atoms with E-state index in [1.54, 1.807) is 0 Å². The van der Waals surface area contributed by atoms with Gasteiger partial charge in [-0.05, 0) is 6.42 Å². The van der Waals surface area contributed by atoms with Gasteiger partial charge in [0.1, 0.15) is 11.1 Å². The molecule has 0 radical (unpaired) electrons. The van der Waals surface area contributed by atoms with Gasteiger partial charge in [-0.2, -0.15) is 0 Å². The van der Waals surface area contributed by atoms with Crippen molar-refractivity contribution in [2.45, 2.75) is 25.6 Å². The van der Waals surface area contributed by atoms with E-state index < -0.39 is 18.2 Å². The van der Waals surface area contributed by atoms with Crippen molar-refractivity contribution >= 4 is 34.2 Å². The topological polar surface area (TPSA) is 108 Å². The molecule has 8 heteroatoms. The van der Waals surface area contributed by atoms with Crippen molar-refractivity contribution in [2.75, 3.05) is 5.75 Å². The van der Waals surface area contributed by atoms with Gasteiger partial charge in [0.05, 0.1) is 6.10 Å². The van der Waals surface area contributed by atoms with Crippen LogP contribution in [0.3, 0.4) is 0 Å². The maximum Gasteiger partial charge on any atom is 0.355 e. The molecule has 1 heterocycles. The van der Waals surface area contributed by atoms with Gasteiger partial charge in [0.15, 0.2) is 10.8 Å². The van der Waals surface area contributed by atoms with Gasteiger partial charge < -0.3 is 15.3 Å². The summed E-state index contributed by atoms with van der Waals surface area (Å²) in [6.07, 6.45) is -2.06. The van der Waals surface area contributed by atoms with E-state index in [1.165, 1.54) is 12.3 Å². The first-order valence-electron chi connectivity index (χ1n) is 5.10. The molecule has 0 aliphatic carbocycles. The number of thiazole rings is 1. The first-order valence-corrected chi connectivity index (χ1v) is 6.96. The Bertz CT molecular complexity index is 434. The number of aromatic carboxylic acids is 1. The number of carboxylic acids is 1. The summed E-state index contributed by atoms with van der Waals surface area (Å²) >= 11 is 2.04. The first-order chi connectivity index (χ1) is 8.41. The Morgan fingerprint density at radius 1 is 1.50 bits per heavy atom. The van der Waals surface area contributed by atoms with E-state index in [4.69, 9.17) is 5.11 Å². The first kappa shape index (κ1) is 15.1. The van der Waals surface area contributed by atoms with Crippen LogP contribution in [0.25, 0.3) is 0 Å². The summed E-state index contributed by atoms with van der Waals surface area (Å²) in [4.78, 5) is 25.0. The number of nitrogens with zero attached hydrogens (tertiary/aromatic N) is 1. The number of aliphatic hydroxyl groups is 2. The van der Waals surface area contributed by atoms with E-state index in [2.05, 4.69) is 4.98 Å². The van der Waals surface area contributed by atoms with Gasteiger partial charge in [-0.3, -0.25) is 4.79 Å². The van der Waals surface area contributed by atoms with Crippen molar-refractivity contribution in [3.05, 3.63) is 16.1 Å². The van der Waals surface area contributed by atoms with Gasteiger partial charge >= 0.3 is 5.97 Å². The molecule has 1 aromatic heterocycles. The monoisotopic (exact) mass is 291 g/mol. The molecule has 0 aromatic carbocycles. The molecule has 0 fully saturated rings. The predicted octanol–water partition coefficient (Wildman–Crippen LogP) is 0.905. The van der Waals surface area contributed by atoms with Crippen molar-refractivity contribution in [1.29, 1.82) is 0 Å². The fraction of sp³-hybridized carbons (Fsp3) is 0.500. The number of hydrogen-bond donors (Lipinski definition) is 3. The average Bonchev–Trinajstić information content (AvgIpc) is 2.76. The molecule has 0 saturated heterocycles. The van der Waals surface area contributed by atoms with Crippen molar-refractivity contribution in [1.82, 2.24) is 4.98 Å². The van der Waals surface area contributed by atoms with Crippen LogP contribution in [0.1, 0.15) is 34.9 Å². The van der Waals surface area contributed by atoms with Gasteiger partial charge in [0, 0.05) is 18.1 Å². The largest absolute Gasteiger partial charge is 0.476 e. The Morgan fingerprint density at radius 2 is 2.17 bits per heavy atom. The lowest BCUT2D eigenvalue weighted by Gasteiger charge is -2.14. The highest BCUT2D eigenvalue weighted by Crippen LogP contribution is 2.23. The number of rotatable bonds is 6. The molecule has 0 amide bonds. The Kier molecular flexibility index (Phi) is 5.73. The van der Waals surface area contributed by atoms with Gasteiger partial charge in [-0.1, -0.05) is 11.8 Å². The van der Waals surface area contributed by atoms with Gasteiger partial charge in [-0.15, -0.1) is 11.3 Å². The lowest BCUT2D eigenvalue weighted by Crippen LogP contribution is -2.19. The fourth-order valence-corrected chi connectivity index (χ4v) is 2.65. The summed E-state index contributed by atoms with van der Waals surface area (Å²) in [5.74, 6) is -0.781. The smallest absolute Gasteiger partial charge is 0.355 e. The predicted molar refractivity (Wildman–Crippen MR) is 67.8 cm³/mol. The second-order valence-corrected chi connectivity index (χ2v) is 5.68. The number of aromatic nitrogens is 1. The molecule has 0 bridgehead atoms. The second kappa shape index (κ2) is 6.83. The van der Waals surface area contributed by atoms with Crippen molar-refractivity contribution in [3.63, 3.8) is 0 Å². The highest BCUT2D eigenvalue weighted by Gasteiger charge is 2.22. The molecule has 0 spiro atoms. The Balaban J connectivity index is 2.53. The molecule has 3 N–H and O–H groups in total. The molecule has 1 rings (SSSR count). The number of carbonyl (C=O) groups is 2. The lowest BCUT2D eigenvalue weighted by molar-refractivity contribution is -0.109. The number of carboxylic acid groups (broad SMARTS) is 1. The highest BCUT2D eigenvalue weighted by atomic mass is 32.2. The quantitative estimate of drug-likeness (QED) is 0.714. The van der Waals surface area contributed by atoms with E-state index in [9.17, 15) is 19.8 Å². The molecule has 18 heavy (non-hydrogen) atoms. The summed E-state index contributed by atoms with van der Waals surface area (Å²) in [6.45, 7) is 1.42. The van der Waals surface area contributed by atoms with Gasteiger partial charge in [0.25, 0.3) is 0 Å². The minimum Gasteiger partial charge on any atom is -0.476 e. The van der Waals surface area contributed by atoms with Crippen LogP contribution < -0.4 is 0 Å². The number of aliphatic hydroxyl groups excluding tert-OH is 2. The second-order valence-electron chi connectivity index (χ2n) is 3.52. The molecule has 2 atom stereocenters. The SMILES string of the molecule is CC(=O)SCCC(O)C(O)c1nc(C(=O)O)cs1. The van der Waals surface area contributed by atoms with Crippen LogP contribution in [0, 0.1) is 0 Å². The van der Waals surface area contributed by atoms with Crippen LogP contribution in [0.5, 0.6) is 0 Å². The van der Waals surface area contributed by atoms with Crippen LogP contribution >= 0.6 is 23.1 Å². The van der Waals surface area contributed by atoms with Gasteiger partial charge in [0.2, 0.25) is 0 Å². The summed E-state index contributed by atoms with van der Waals surface area (Å²) < 4.78 is 0. The highest BCUT2D eigenvalue weighted by molar-refractivity contribution is 8.13.